The van der Waals surface area contributed by atoms with E-state index in [-0.39, 0.29) is 17.9 Å². The van der Waals surface area contributed by atoms with E-state index in [1.54, 1.807) is 6.92 Å². The van der Waals surface area contributed by atoms with E-state index >= 15 is 0 Å². The van der Waals surface area contributed by atoms with Crippen LogP contribution in [0.2, 0.25) is 0 Å². The molecular weight excluding hydrogens is 306 g/mol. The van der Waals surface area contributed by atoms with Crippen molar-refractivity contribution in [2.75, 3.05) is 13.2 Å². The molecule has 0 saturated heterocycles. The normalized spacial score (nSPS) is 10.8. The molecule has 0 aliphatic carbocycles. The van der Waals surface area contributed by atoms with Crippen LogP contribution in [0.5, 0.6) is 0 Å². The van der Waals surface area contributed by atoms with Crippen molar-refractivity contribution in [3.05, 3.63) is 45.5 Å². The Morgan fingerprint density at radius 2 is 1.87 bits per heavy atom. The molecule has 0 fully saturated rings. The third-order valence-electron chi connectivity index (χ3n) is 2.64. The lowest BCUT2D eigenvalue weighted by Gasteiger charge is -2.07. The van der Waals surface area contributed by atoms with Crippen molar-refractivity contribution in [3.63, 3.8) is 0 Å². The van der Waals surface area contributed by atoms with E-state index in [0.717, 1.165) is 13.0 Å². The molecule has 1 aromatic carbocycles. The van der Waals surface area contributed by atoms with Crippen molar-refractivity contribution >= 4 is 29.5 Å². The number of rotatable bonds is 7. The van der Waals surface area contributed by atoms with Crippen LogP contribution in [0.1, 0.15) is 19.4 Å². The molecule has 1 rings (SSSR count). The van der Waals surface area contributed by atoms with Gasteiger partial charge in [-0.1, -0.05) is 12.1 Å². The summed E-state index contributed by atoms with van der Waals surface area (Å²) >= 11 is 0. The van der Waals surface area contributed by atoms with Crippen LogP contribution in [0.15, 0.2) is 29.8 Å². The predicted molar refractivity (Wildman–Crippen MR) is 79.3 cm³/mol. The summed E-state index contributed by atoms with van der Waals surface area (Å²) in [7, 11) is 0. The van der Waals surface area contributed by atoms with Gasteiger partial charge in [0.05, 0.1) is 17.1 Å². The number of nitro groups is 1. The molecule has 23 heavy (non-hydrogen) atoms. The Kier molecular flexibility index (Phi) is 6.60. The van der Waals surface area contributed by atoms with Gasteiger partial charge in [-0.05, 0) is 19.1 Å². The van der Waals surface area contributed by atoms with Crippen LogP contribution < -0.4 is 0 Å². The van der Waals surface area contributed by atoms with Crippen LogP contribution in [0, 0.1) is 10.1 Å². The van der Waals surface area contributed by atoms with Gasteiger partial charge in [0.15, 0.2) is 6.61 Å². The molecule has 0 aliphatic heterocycles. The van der Waals surface area contributed by atoms with E-state index in [4.69, 9.17) is 4.74 Å². The molecule has 0 unspecified atom stereocenters. The second-order valence-corrected chi connectivity index (χ2v) is 4.30. The Morgan fingerprint density at radius 3 is 2.43 bits per heavy atom. The maximum atomic E-state index is 12.0. The molecular formula is C15H15NO7. The summed E-state index contributed by atoms with van der Waals surface area (Å²) in [5.41, 5.74) is -0.631. The first-order valence-corrected chi connectivity index (χ1v) is 6.65. The molecule has 0 heterocycles. The highest BCUT2D eigenvalue weighted by Crippen LogP contribution is 2.21. The number of nitrogens with zero attached hydrogens (tertiary/aromatic N) is 1. The Morgan fingerprint density at radius 1 is 1.22 bits per heavy atom. The summed E-state index contributed by atoms with van der Waals surface area (Å²) in [4.78, 5) is 45.1. The molecule has 8 nitrogen and oxygen atoms in total. The summed E-state index contributed by atoms with van der Waals surface area (Å²) in [6.07, 6.45) is 1.06. The van der Waals surface area contributed by atoms with E-state index in [1.165, 1.54) is 24.3 Å². The van der Waals surface area contributed by atoms with Gasteiger partial charge in [-0.2, -0.15) is 0 Å². The van der Waals surface area contributed by atoms with Crippen molar-refractivity contribution in [1.82, 2.24) is 0 Å². The number of ketones is 1. The number of nitro benzene ring substituents is 1. The number of Topliss-reactive ketones (excluding diaryl/α,β-unsaturated/α-hetero) is 1. The van der Waals surface area contributed by atoms with Crippen molar-refractivity contribution in [1.29, 1.82) is 0 Å². The minimum Gasteiger partial charge on any atom is -0.462 e. The van der Waals surface area contributed by atoms with Crippen LogP contribution in [-0.4, -0.2) is 35.9 Å². The van der Waals surface area contributed by atoms with E-state index in [1.807, 2.05) is 0 Å². The number of para-hydroxylation sites is 1. The smallest absolute Gasteiger partial charge is 0.341 e. The van der Waals surface area contributed by atoms with E-state index in [2.05, 4.69) is 4.74 Å². The zero-order valence-electron chi connectivity index (χ0n) is 12.6. The Balaban J connectivity index is 3.23. The lowest BCUT2D eigenvalue weighted by Crippen LogP contribution is -2.21. The molecule has 8 heteroatoms. The third-order valence-corrected chi connectivity index (χ3v) is 2.64. The zero-order chi connectivity index (χ0) is 17.4. The lowest BCUT2D eigenvalue weighted by molar-refractivity contribution is -0.385. The van der Waals surface area contributed by atoms with E-state index in [0.29, 0.717) is 0 Å². The maximum Gasteiger partial charge on any atom is 0.341 e. The highest BCUT2D eigenvalue weighted by atomic mass is 16.6. The number of ether oxygens (including phenoxy) is 2. The Hall–Kier alpha value is -3.03. The molecule has 0 aromatic heterocycles. The average Bonchev–Trinajstić information content (AvgIpc) is 2.50. The molecule has 0 bridgehead atoms. The van der Waals surface area contributed by atoms with Crippen LogP contribution in [-0.2, 0) is 23.9 Å². The molecule has 0 saturated carbocycles. The average molecular weight is 321 g/mol. The monoisotopic (exact) mass is 321 g/mol. The standard InChI is InChI=1S/C15H15NO7/c1-3-22-15(19)12(14(18)9-23-10(2)17)8-11-6-4-5-7-13(11)16(20)21/h4-8H,3,9H2,1-2H3. The number of hydrogen-bond acceptors (Lipinski definition) is 7. The molecule has 0 atom stereocenters. The van der Waals surface area contributed by atoms with Crippen LogP contribution in [0.4, 0.5) is 5.69 Å². The molecule has 122 valence electrons. The van der Waals surface area contributed by atoms with Crippen molar-refractivity contribution in [2.45, 2.75) is 13.8 Å². The van der Waals surface area contributed by atoms with Gasteiger partial charge in [-0.25, -0.2) is 4.79 Å². The fraction of sp³-hybridized carbons (Fsp3) is 0.267. The highest BCUT2D eigenvalue weighted by Gasteiger charge is 2.22. The van der Waals surface area contributed by atoms with Gasteiger partial charge >= 0.3 is 11.9 Å². The molecule has 0 radical (unpaired) electrons. The number of hydrogen-bond donors (Lipinski definition) is 0. The number of esters is 2. The second kappa shape index (κ2) is 8.42. The first kappa shape index (κ1) is 18.0. The fourth-order valence-electron chi connectivity index (χ4n) is 1.64. The quantitative estimate of drug-likeness (QED) is 0.187. The lowest BCUT2D eigenvalue weighted by atomic mass is 10.1. The third kappa shape index (κ3) is 5.34. The van der Waals surface area contributed by atoms with Gasteiger partial charge < -0.3 is 9.47 Å². The van der Waals surface area contributed by atoms with Gasteiger partial charge in [0.25, 0.3) is 5.69 Å². The summed E-state index contributed by atoms with van der Waals surface area (Å²) in [6, 6.07) is 5.61. The first-order valence-electron chi connectivity index (χ1n) is 6.65. The minimum atomic E-state index is -0.942. The SMILES string of the molecule is CCOC(=O)C(=Cc1ccccc1[N+](=O)[O-])C(=O)COC(C)=O. The van der Waals surface area contributed by atoms with Crippen LogP contribution in [0.3, 0.4) is 0 Å². The number of carbonyl (C=O) groups excluding carboxylic acids is 3. The van der Waals surface area contributed by atoms with Gasteiger partial charge in [0.2, 0.25) is 5.78 Å². The van der Waals surface area contributed by atoms with Crippen LogP contribution in [0.25, 0.3) is 6.08 Å². The maximum absolute atomic E-state index is 12.0. The van der Waals surface area contributed by atoms with Crippen LogP contribution >= 0.6 is 0 Å². The van der Waals surface area contributed by atoms with E-state index in [9.17, 15) is 24.5 Å². The van der Waals surface area contributed by atoms with Gasteiger partial charge in [0, 0.05) is 13.0 Å². The zero-order valence-corrected chi connectivity index (χ0v) is 12.6. The number of carbonyl (C=O) groups is 3. The molecule has 0 N–H and O–H groups in total. The highest BCUT2D eigenvalue weighted by molar-refractivity contribution is 6.21. The molecule has 1 aromatic rings. The topological polar surface area (TPSA) is 113 Å². The number of benzene rings is 1. The summed E-state index contributed by atoms with van der Waals surface area (Å²) in [6.45, 7) is 2.04. The van der Waals surface area contributed by atoms with Gasteiger partial charge in [0.1, 0.15) is 5.57 Å². The second-order valence-electron chi connectivity index (χ2n) is 4.30. The van der Waals surface area contributed by atoms with Gasteiger partial charge in [-0.15, -0.1) is 0 Å². The predicted octanol–water partition coefficient (Wildman–Crippen LogP) is 1.67. The first-order chi connectivity index (χ1) is 10.9. The molecule has 0 aliphatic rings. The van der Waals surface area contributed by atoms with Crippen molar-refractivity contribution < 1.29 is 28.8 Å². The largest absolute Gasteiger partial charge is 0.462 e. The Labute approximate surface area is 131 Å². The van der Waals surface area contributed by atoms with E-state index < -0.39 is 34.8 Å². The molecule has 0 amide bonds. The summed E-state index contributed by atoms with van der Waals surface area (Å²) < 4.78 is 9.32. The fourth-order valence-corrected chi connectivity index (χ4v) is 1.64. The van der Waals surface area contributed by atoms with Crippen molar-refractivity contribution in [3.8, 4) is 0 Å². The van der Waals surface area contributed by atoms with Gasteiger partial charge in [-0.3, -0.25) is 19.7 Å². The van der Waals surface area contributed by atoms with Crippen molar-refractivity contribution in [2.24, 2.45) is 0 Å². The summed E-state index contributed by atoms with van der Waals surface area (Å²) in [5.74, 6) is -2.44. The minimum absolute atomic E-state index is 0.0217. The Bertz CT molecular complexity index is 664. The molecule has 0 spiro atoms. The summed E-state index contributed by atoms with van der Waals surface area (Å²) in [5, 5.41) is 11.0.